The first kappa shape index (κ1) is 25.2. The van der Waals surface area contributed by atoms with Crippen LogP contribution in [0.25, 0.3) is 0 Å². The minimum absolute atomic E-state index is 0.00311. The highest BCUT2D eigenvalue weighted by Gasteiger charge is 2.52. The Kier molecular flexibility index (Phi) is 7.77. The quantitative estimate of drug-likeness (QED) is 0.547. The summed E-state index contributed by atoms with van der Waals surface area (Å²) in [7, 11) is 0. The summed E-state index contributed by atoms with van der Waals surface area (Å²) in [5, 5.41) is 3.04. The predicted octanol–water partition coefficient (Wildman–Crippen LogP) is 3.31. The van der Waals surface area contributed by atoms with Crippen LogP contribution in [-0.4, -0.2) is 65.3 Å². The van der Waals surface area contributed by atoms with Gasteiger partial charge in [0.15, 0.2) is 0 Å². The van der Waals surface area contributed by atoms with E-state index in [1.807, 2.05) is 19.1 Å². The van der Waals surface area contributed by atoms with Crippen LogP contribution in [0.4, 0.5) is 5.69 Å². The zero-order chi connectivity index (χ0) is 25.0. The number of para-hydroxylation sites is 1. The van der Waals surface area contributed by atoms with Gasteiger partial charge in [0.1, 0.15) is 5.66 Å². The standard InChI is InChI=1S/C27H38N4O4/c1-3-4-5-8-16-28-25(34)20-10-9-17-29(19-20)23(32)14-18-30-26(35)21-11-6-7-12-22(21)31-24(33)13-15-27(30,31)2/h6-7,11-12,20H,3-5,8-10,13-19H2,1-2H3,(H,28,34). The third-order valence-corrected chi connectivity index (χ3v) is 7.77. The molecule has 4 amide bonds. The van der Waals surface area contributed by atoms with Gasteiger partial charge in [0, 0.05) is 39.0 Å². The monoisotopic (exact) mass is 482 g/mol. The molecule has 190 valence electrons. The number of nitrogens with one attached hydrogen (secondary N) is 1. The van der Waals surface area contributed by atoms with Crippen molar-refractivity contribution in [2.75, 3.05) is 31.1 Å². The second-order valence-electron chi connectivity index (χ2n) is 10.2. The molecule has 0 bridgehead atoms. The second-order valence-corrected chi connectivity index (χ2v) is 10.2. The van der Waals surface area contributed by atoms with E-state index in [1.165, 1.54) is 6.42 Å². The molecule has 0 aliphatic carbocycles. The molecule has 0 radical (unpaired) electrons. The fourth-order valence-electron chi connectivity index (χ4n) is 5.73. The highest BCUT2D eigenvalue weighted by molar-refractivity contribution is 6.10. The lowest BCUT2D eigenvalue weighted by Gasteiger charge is -2.48. The minimum Gasteiger partial charge on any atom is -0.356 e. The van der Waals surface area contributed by atoms with E-state index < -0.39 is 5.66 Å². The van der Waals surface area contributed by atoms with E-state index in [9.17, 15) is 19.2 Å². The molecule has 2 atom stereocenters. The molecule has 1 aromatic carbocycles. The number of benzene rings is 1. The normalized spacial score (nSPS) is 23.8. The molecule has 3 aliphatic heterocycles. The third-order valence-electron chi connectivity index (χ3n) is 7.77. The Labute approximate surface area is 208 Å². The number of piperidine rings is 1. The van der Waals surface area contributed by atoms with Crippen LogP contribution in [-0.2, 0) is 14.4 Å². The Morgan fingerprint density at radius 1 is 1.14 bits per heavy atom. The van der Waals surface area contributed by atoms with Gasteiger partial charge in [-0.1, -0.05) is 38.3 Å². The van der Waals surface area contributed by atoms with Crippen LogP contribution in [0.15, 0.2) is 24.3 Å². The van der Waals surface area contributed by atoms with Gasteiger partial charge in [-0.15, -0.1) is 0 Å². The molecular formula is C27H38N4O4. The van der Waals surface area contributed by atoms with E-state index in [0.29, 0.717) is 43.7 Å². The summed E-state index contributed by atoms with van der Waals surface area (Å²) in [6.45, 7) is 6.08. The Hall–Kier alpha value is -2.90. The largest absolute Gasteiger partial charge is 0.356 e. The van der Waals surface area contributed by atoms with Gasteiger partial charge in [-0.3, -0.25) is 24.1 Å². The zero-order valence-corrected chi connectivity index (χ0v) is 21.1. The maximum atomic E-state index is 13.4. The SMILES string of the molecule is CCCCCCNC(=O)C1CCCN(C(=O)CCN2C(=O)c3ccccc3N3C(=O)CCC23C)C1. The van der Waals surface area contributed by atoms with Crippen molar-refractivity contribution in [2.45, 2.75) is 77.3 Å². The summed E-state index contributed by atoms with van der Waals surface area (Å²) in [5.41, 5.74) is 0.399. The van der Waals surface area contributed by atoms with Gasteiger partial charge in [0.2, 0.25) is 17.7 Å². The molecule has 35 heavy (non-hydrogen) atoms. The number of likely N-dealkylation sites (tertiary alicyclic amines) is 1. The van der Waals surface area contributed by atoms with E-state index >= 15 is 0 Å². The van der Waals surface area contributed by atoms with E-state index in [2.05, 4.69) is 12.2 Å². The van der Waals surface area contributed by atoms with Crippen molar-refractivity contribution < 1.29 is 19.2 Å². The average molecular weight is 483 g/mol. The lowest BCUT2D eigenvalue weighted by Crippen LogP contribution is -2.62. The van der Waals surface area contributed by atoms with Gasteiger partial charge in [-0.2, -0.15) is 0 Å². The van der Waals surface area contributed by atoms with Crippen molar-refractivity contribution in [3.63, 3.8) is 0 Å². The van der Waals surface area contributed by atoms with Crippen molar-refractivity contribution in [3.05, 3.63) is 29.8 Å². The molecule has 0 spiro atoms. The van der Waals surface area contributed by atoms with Crippen molar-refractivity contribution in [2.24, 2.45) is 5.92 Å². The van der Waals surface area contributed by atoms with Crippen LogP contribution in [0, 0.1) is 5.92 Å². The highest BCUT2D eigenvalue weighted by Crippen LogP contribution is 2.44. The van der Waals surface area contributed by atoms with Gasteiger partial charge in [-0.25, -0.2) is 0 Å². The molecule has 2 unspecified atom stereocenters. The number of anilines is 1. The van der Waals surface area contributed by atoms with E-state index in [-0.39, 0.29) is 42.5 Å². The van der Waals surface area contributed by atoms with Crippen LogP contribution in [0.3, 0.4) is 0 Å². The van der Waals surface area contributed by atoms with Gasteiger partial charge in [0.25, 0.3) is 5.91 Å². The number of amides is 4. The molecule has 8 nitrogen and oxygen atoms in total. The first-order chi connectivity index (χ1) is 16.9. The number of carbonyl (C=O) groups is 4. The van der Waals surface area contributed by atoms with Crippen molar-refractivity contribution in [1.82, 2.24) is 15.1 Å². The summed E-state index contributed by atoms with van der Waals surface area (Å²) < 4.78 is 0. The first-order valence-electron chi connectivity index (χ1n) is 13.2. The Morgan fingerprint density at radius 2 is 1.94 bits per heavy atom. The molecule has 2 saturated heterocycles. The molecule has 0 aromatic heterocycles. The second kappa shape index (κ2) is 10.8. The van der Waals surface area contributed by atoms with Gasteiger partial charge in [-0.05, 0) is 44.7 Å². The fourth-order valence-corrected chi connectivity index (χ4v) is 5.73. The molecule has 1 aromatic rings. The number of unbranched alkanes of at least 4 members (excludes halogenated alkanes) is 3. The number of rotatable bonds is 9. The van der Waals surface area contributed by atoms with Gasteiger partial charge < -0.3 is 15.1 Å². The van der Waals surface area contributed by atoms with Gasteiger partial charge >= 0.3 is 0 Å². The average Bonchev–Trinajstić information content (AvgIpc) is 3.18. The first-order valence-corrected chi connectivity index (χ1v) is 13.2. The summed E-state index contributed by atoms with van der Waals surface area (Å²) in [6.07, 6.45) is 7.14. The molecule has 1 N–H and O–H groups in total. The van der Waals surface area contributed by atoms with Crippen LogP contribution in [0.1, 0.15) is 82.0 Å². The molecule has 0 saturated carbocycles. The van der Waals surface area contributed by atoms with Crippen molar-refractivity contribution in [1.29, 1.82) is 0 Å². The summed E-state index contributed by atoms with van der Waals surface area (Å²) in [5.74, 6) is -0.321. The number of nitrogens with zero attached hydrogens (tertiary/aromatic N) is 3. The molecule has 3 heterocycles. The highest BCUT2D eigenvalue weighted by atomic mass is 16.2. The summed E-state index contributed by atoms with van der Waals surface area (Å²) >= 11 is 0. The summed E-state index contributed by atoms with van der Waals surface area (Å²) in [4.78, 5) is 57.0. The lowest BCUT2D eigenvalue weighted by atomic mass is 9.96. The van der Waals surface area contributed by atoms with Crippen LogP contribution in [0.2, 0.25) is 0 Å². The Morgan fingerprint density at radius 3 is 2.74 bits per heavy atom. The smallest absolute Gasteiger partial charge is 0.257 e. The number of carbonyl (C=O) groups excluding carboxylic acids is 4. The molecular weight excluding hydrogens is 444 g/mol. The summed E-state index contributed by atoms with van der Waals surface area (Å²) in [6, 6.07) is 7.20. The van der Waals surface area contributed by atoms with Crippen LogP contribution < -0.4 is 10.2 Å². The fraction of sp³-hybridized carbons (Fsp3) is 0.630. The molecule has 8 heteroatoms. The lowest BCUT2D eigenvalue weighted by molar-refractivity contribution is -0.136. The number of fused-ring (bicyclic) bond motifs is 3. The predicted molar refractivity (Wildman–Crippen MR) is 134 cm³/mol. The molecule has 2 fully saturated rings. The van der Waals surface area contributed by atoms with Crippen molar-refractivity contribution >= 4 is 29.3 Å². The maximum absolute atomic E-state index is 13.4. The Balaban J connectivity index is 1.36. The zero-order valence-electron chi connectivity index (χ0n) is 21.1. The maximum Gasteiger partial charge on any atom is 0.257 e. The Bertz CT molecular complexity index is 980. The van der Waals surface area contributed by atoms with Crippen molar-refractivity contribution in [3.8, 4) is 0 Å². The third kappa shape index (κ3) is 5.07. The van der Waals surface area contributed by atoms with E-state index in [1.54, 1.807) is 26.8 Å². The van der Waals surface area contributed by atoms with E-state index in [4.69, 9.17) is 0 Å². The molecule has 4 rings (SSSR count). The van der Waals surface area contributed by atoms with Crippen LogP contribution >= 0.6 is 0 Å². The van der Waals surface area contributed by atoms with E-state index in [0.717, 1.165) is 32.1 Å². The minimum atomic E-state index is -0.759. The topological polar surface area (TPSA) is 90.0 Å². The molecule has 3 aliphatic rings. The number of hydrogen-bond donors (Lipinski definition) is 1. The number of hydrogen-bond acceptors (Lipinski definition) is 4. The van der Waals surface area contributed by atoms with Crippen LogP contribution in [0.5, 0.6) is 0 Å². The van der Waals surface area contributed by atoms with Gasteiger partial charge in [0.05, 0.1) is 17.2 Å².